The number of carboxylic acid groups (broad SMARTS) is 1. The molecule has 0 aliphatic heterocycles. The highest BCUT2D eigenvalue weighted by atomic mass is 79.9. The lowest BCUT2D eigenvalue weighted by atomic mass is 10.1. The number of carbonyl (C=O) groups is 2. The highest BCUT2D eigenvalue weighted by molar-refractivity contribution is 9.10. The first kappa shape index (κ1) is 12.2. The van der Waals surface area contributed by atoms with E-state index in [1.54, 1.807) is 12.1 Å². The minimum absolute atomic E-state index is 0.0791. The molecule has 15 heavy (non-hydrogen) atoms. The Morgan fingerprint density at radius 3 is 2.60 bits per heavy atom. The Morgan fingerprint density at radius 2 is 2.07 bits per heavy atom. The summed E-state index contributed by atoms with van der Waals surface area (Å²) < 4.78 is 0.456. The van der Waals surface area contributed by atoms with Crippen LogP contribution in [-0.2, 0) is 0 Å². The third-order valence-electron chi connectivity index (χ3n) is 1.84. The molecule has 0 aliphatic carbocycles. The van der Waals surface area contributed by atoms with Crippen LogP contribution in [0.15, 0.2) is 22.7 Å². The zero-order valence-electron chi connectivity index (χ0n) is 7.67. The third-order valence-corrected chi connectivity index (χ3v) is 2.72. The fraction of sp³-hybridized carbons (Fsp3) is 0.200. The lowest BCUT2D eigenvalue weighted by Crippen LogP contribution is -2.04. The molecule has 1 N–H and O–H groups in total. The van der Waals surface area contributed by atoms with Gasteiger partial charge in [-0.05, 0) is 28.1 Å². The van der Waals surface area contributed by atoms with E-state index in [1.165, 1.54) is 6.07 Å². The number of rotatable bonds is 4. The van der Waals surface area contributed by atoms with Crippen molar-refractivity contribution in [3.05, 3.63) is 33.8 Å². The van der Waals surface area contributed by atoms with Crippen LogP contribution >= 0.6 is 27.5 Å². The average Bonchev–Trinajstić information content (AvgIpc) is 2.18. The van der Waals surface area contributed by atoms with Crippen LogP contribution in [0.5, 0.6) is 0 Å². The summed E-state index contributed by atoms with van der Waals surface area (Å²) in [6.45, 7) is 0. The number of Topliss-reactive ketones (excluding diaryl/α,β-unsaturated/α-hetero) is 1. The zero-order chi connectivity index (χ0) is 11.4. The predicted octanol–water partition coefficient (Wildman–Crippen LogP) is 2.96. The molecule has 5 heteroatoms. The fourth-order valence-electron chi connectivity index (χ4n) is 1.09. The second kappa shape index (κ2) is 5.28. The van der Waals surface area contributed by atoms with Gasteiger partial charge in [-0.1, -0.05) is 6.07 Å². The number of hydrogen-bond acceptors (Lipinski definition) is 2. The quantitative estimate of drug-likeness (QED) is 0.685. The molecule has 1 aromatic carbocycles. The summed E-state index contributed by atoms with van der Waals surface area (Å²) >= 11 is 8.53. The summed E-state index contributed by atoms with van der Waals surface area (Å²) in [5, 5.41) is 8.83. The van der Waals surface area contributed by atoms with Crippen molar-refractivity contribution in [1.29, 1.82) is 0 Å². The first-order chi connectivity index (χ1) is 7.06. The van der Waals surface area contributed by atoms with Crippen molar-refractivity contribution >= 4 is 39.3 Å². The number of carbonyl (C=O) groups excluding carboxylic acids is 1. The van der Waals surface area contributed by atoms with Crippen LogP contribution in [0.4, 0.5) is 0 Å². The molecular formula is C10H8BrClO3. The molecule has 0 radical (unpaired) electrons. The smallest absolute Gasteiger partial charge is 0.336 e. The van der Waals surface area contributed by atoms with Gasteiger partial charge in [0.1, 0.15) is 0 Å². The van der Waals surface area contributed by atoms with E-state index in [1.807, 2.05) is 0 Å². The normalized spacial score (nSPS) is 10.0. The van der Waals surface area contributed by atoms with E-state index in [9.17, 15) is 9.59 Å². The largest absolute Gasteiger partial charge is 0.478 e. The minimum atomic E-state index is -1.07. The maximum atomic E-state index is 11.4. The second-order valence-electron chi connectivity index (χ2n) is 2.86. The van der Waals surface area contributed by atoms with E-state index in [-0.39, 0.29) is 23.6 Å². The second-order valence-corrected chi connectivity index (χ2v) is 4.09. The zero-order valence-corrected chi connectivity index (χ0v) is 10.0. The van der Waals surface area contributed by atoms with Crippen molar-refractivity contribution in [2.24, 2.45) is 0 Å². The Kier molecular flexibility index (Phi) is 4.29. The van der Waals surface area contributed by atoms with Gasteiger partial charge in [-0.3, -0.25) is 4.79 Å². The maximum absolute atomic E-state index is 11.4. The monoisotopic (exact) mass is 290 g/mol. The molecule has 0 saturated carbocycles. The molecule has 0 spiro atoms. The molecule has 0 aromatic heterocycles. The molecule has 0 aliphatic rings. The molecular weight excluding hydrogens is 283 g/mol. The van der Waals surface area contributed by atoms with Gasteiger partial charge in [0.25, 0.3) is 0 Å². The Balaban J connectivity index is 3.07. The highest BCUT2D eigenvalue weighted by Gasteiger charge is 2.12. The number of halogens is 2. The minimum Gasteiger partial charge on any atom is -0.478 e. The lowest BCUT2D eigenvalue weighted by molar-refractivity contribution is 0.0696. The van der Waals surface area contributed by atoms with E-state index >= 15 is 0 Å². The maximum Gasteiger partial charge on any atom is 0.336 e. The molecule has 0 bridgehead atoms. The Bertz CT molecular complexity index is 404. The van der Waals surface area contributed by atoms with Gasteiger partial charge in [-0.15, -0.1) is 11.6 Å². The summed E-state index contributed by atoms with van der Waals surface area (Å²) in [6, 6.07) is 4.47. The lowest BCUT2D eigenvalue weighted by Gasteiger charge is -2.02. The van der Waals surface area contributed by atoms with Crippen molar-refractivity contribution < 1.29 is 14.7 Å². The molecule has 0 fully saturated rings. The van der Waals surface area contributed by atoms with Crippen LogP contribution in [-0.4, -0.2) is 22.7 Å². The van der Waals surface area contributed by atoms with Gasteiger partial charge in [0.15, 0.2) is 5.78 Å². The number of benzene rings is 1. The Hall–Kier alpha value is -0.870. The van der Waals surface area contributed by atoms with Crippen LogP contribution in [0, 0.1) is 0 Å². The van der Waals surface area contributed by atoms with Crippen molar-refractivity contribution in [2.75, 3.05) is 5.88 Å². The number of aromatic carboxylic acids is 1. The van der Waals surface area contributed by atoms with Crippen molar-refractivity contribution in [1.82, 2.24) is 0 Å². The van der Waals surface area contributed by atoms with Crippen molar-refractivity contribution in [3.8, 4) is 0 Å². The van der Waals surface area contributed by atoms with Crippen LogP contribution in [0.3, 0.4) is 0 Å². The average molecular weight is 292 g/mol. The summed E-state index contributed by atoms with van der Waals surface area (Å²) in [4.78, 5) is 22.2. The summed E-state index contributed by atoms with van der Waals surface area (Å²) in [6.07, 6.45) is 0.211. The van der Waals surface area contributed by atoms with Crippen LogP contribution < -0.4 is 0 Å². The van der Waals surface area contributed by atoms with E-state index in [4.69, 9.17) is 16.7 Å². The van der Waals surface area contributed by atoms with Crippen molar-refractivity contribution in [2.45, 2.75) is 6.42 Å². The summed E-state index contributed by atoms with van der Waals surface area (Å²) in [7, 11) is 0. The standard InChI is InChI=1S/C10H8BrClO3/c11-8-2-1-6(9(13)3-4-12)5-7(8)10(14)15/h1-2,5H,3-4H2,(H,14,15). The van der Waals surface area contributed by atoms with Crippen LogP contribution in [0.1, 0.15) is 27.1 Å². The molecule has 1 rings (SSSR count). The first-order valence-corrected chi connectivity index (χ1v) is 5.51. The van der Waals surface area contributed by atoms with E-state index in [2.05, 4.69) is 15.9 Å². The highest BCUT2D eigenvalue weighted by Crippen LogP contribution is 2.19. The van der Waals surface area contributed by atoms with Crippen LogP contribution in [0.25, 0.3) is 0 Å². The number of alkyl halides is 1. The number of ketones is 1. The van der Waals surface area contributed by atoms with E-state index < -0.39 is 5.97 Å². The van der Waals surface area contributed by atoms with Gasteiger partial charge in [0.2, 0.25) is 0 Å². The van der Waals surface area contributed by atoms with Gasteiger partial charge in [0.05, 0.1) is 5.56 Å². The van der Waals surface area contributed by atoms with Crippen LogP contribution in [0.2, 0.25) is 0 Å². The van der Waals surface area contributed by atoms with Gasteiger partial charge in [0, 0.05) is 22.3 Å². The molecule has 80 valence electrons. The predicted molar refractivity (Wildman–Crippen MR) is 60.8 cm³/mol. The molecule has 0 unspecified atom stereocenters. The van der Waals surface area contributed by atoms with Gasteiger partial charge in [-0.25, -0.2) is 4.79 Å². The van der Waals surface area contributed by atoms with E-state index in [0.29, 0.717) is 10.0 Å². The van der Waals surface area contributed by atoms with E-state index in [0.717, 1.165) is 0 Å². The van der Waals surface area contributed by atoms with Crippen molar-refractivity contribution in [3.63, 3.8) is 0 Å². The molecule has 0 heterocycles. The van der Waals surface area contributed by atoms with Gasteiger partial charge < -0.3 is 5.11 Å². The Morgan fingerprint density at radius 1 is 1.40 bits per heavy atom. The summed E-state index contributed by atoms with van der Waals surface area (Å²) in [5.41, 5.74) is 0.451. The number of carboxylic acids is 1. The fourth-order valence-corrected chi connectivity index (χ4v) is 1.68. The molecule has 3 nitrogen and oxygen atoms in total. The van der Waals surface area contributed by atoms with Gasteiger partial charge in [-0.2, -0.15) is 0 Å². The van der Waals surface area contributed by atoms with Gasteiger partial charge >= 0.3 is 5.97 Å². The molecule has 0 saturated heterocycles. The summed E-state index contributed by atoms with van der Waals surface area (Å²) in [5.74, 6) is -0.987. The first-order valence-electron chi connectivity index (χ1n) is 4.18. The topological polar surface area (TPSA) is 54.4 Å². The third kappa shape index (κ3) is 3.04. The molecule has 1 aromatic rings. The number of hydrogen-bond donors (Lipinski definition) is 1. The SMILES string of the molecule is O=C(CCCl)c1ccc(Br)c(C(=O)O)c1. The Labute approximate surface area is 100 Å². The molecule has 0 atom stereocenters. The molecule has 0 amide bonds.